The molecule has 30 heavy (non-hydrogen) atoms. The van der Waals surface area contributed by atoms with Gasteiger partial charge in [0.1, 0.15) is 0 Å². The third-order valence-electron chi connectivity index (χ3n) is 5.48. The first-order chi connectivity index (χ1) is 14.6. The van der Waals surface area contributed by atoms with Crippen LogP contribution in [-0.2, 0) is 19.4 Å². The van der Waals surface area contributed by atoms with Gasteiger partial charge in [-0.2, -0.15) is 0 Å². The number of benzene rings is 3. The quantitative estimate of drug-likeness (QED) is 0.489. The summed E-state index contributed by atoms with van der Waals surface area (Å²) in [5.41, 5.74) is 5.16. The van der Waals surface area contributed by atoms with E-state index in [2.05, 4.69) is 34.5 Å². The second-order valence-corrected chi connectivity index (χ2v) is 7.50. The van der Waals surface area contributed by atoms with Gasteiger partial charge in [-0.05, 0) is 53.8 Å². The van der Waals surface area contributed by atoms with Crippen LogP contribution in [0.25, 0.3) is 0 Å². The van der Waals surface area contributed by atoms with E-state index in [1.807, 2.05) is 24.3 Å². The van der Waals surface area contributed by atoms with Crippen LogP contribution in [0.4, 0.5) is 11.4 Å². The molecule has 3 aromatic rings. The van der Waals surface area contributed by atoms with Gasteiger partial charge in [-0.3, -0.25) is 19.8 Å². The number of fused-ring (bicyclic) bond motifs is 1. The molecule has 6 heteroatoms. The Hall–Kier alpha value is -3.51. The van der Waals surface area contributed by atoms with Gasteiger partial charge in [0.25, 0.3) is 11.6 Å². The third-order valence-corrected chi connectivity index (χ3v) is 5.48. The number of carbonyl (C=O) groups is 1. The maximum atomic E-state index is 12.3. The van der Waals surface area contributed by atoms with E-state index in [-0.39, 0.29) is 11.6 Å². The van der Waals surface area contributed by atoms with E-state index >= 15 is 0 Å². The number of nitro benzene ring substituents is 1. The van der Waals surface area contributed by atoms with Crippen LogP contribution in [0.3, 0.4) is 0 Å². The number of hydrogen-bond donors (Lipinski definition) is 1. The second kappa shape index (κ2) is 8.88. The van der Waals surface area contributed by atoms with E-state index in [4.69, 9.17) is 0 Å². The highest BCUT2D eigenvalue weighted by molar-refractivity contribution is 6.04. The van der Waals surface area contributed by atoms with Crippen molar-refractivity contribution in [2.24, 2.45) is 0 Å². The first-order valence-electron chi connectivity index (χ1n) is 10.0. The highest BCUT2D eigenvalue weighted by atomic mass is 16.6. The number of non-ortho nitro benzene ring substituents is 1. The van der Waals surface area contributed by atoms with Gasteiger partial charge in [-0.1, -0.05) is 36.4 Å². The third kappa shape index (κ3) is 4.72. The van der Waals surface area contributed by atoms with Crippen molar-refractivity contribution in [3.8, 4) is 0 Å². The Kier molecular flexibility index (Phi) is 5.86. The number of nitrogens with zero attached hydrogens (tertiary/aromatic N) is 2. The number of anilines is 1. The van der Waals surface area contributed by atoms with E-state index in [0.29, 0.717) is 11.3 Å². The molecule has 0 saturated carbocycles. The lowest BCUT2D eigenvalue weighted by atomic mass is 9.99. The molecule has 4 rings (SSSR count). The largest absolute Gasteiger partial charge is 0.322 e. The number of nitrogens with one attached hydrogen (secondary N) is 1. The molecule has 1 aliphatic heterocycles. The molecule has 1 N–H and O–H groups in total. The van der Waals surface area contributed by atoms with E-state index < -0.39 is 4.92 Å². The van der Waals surface area contributed by atoms with Gasteiger partial charge in [0.05, 0.1) is 4.92 Å². The van der Waals surface area contributed by atoms with E-state index in [1.54, 1.807) is 0 Å². The van der Waals surface area contributed by atoms with Gasteiger partial charge < -0.3 is 5.32 Å². The molecule has 152 valence electrons. The maximum absolute atomic E-state index is 12.3. The van der Waals surface area contributed by atoms with Crippen molar-refractivity contribution in [3.63, 3.8) is 0 Å². The Labute approximate surface area is 175 Å². The van der Waals surface area contributed by atoms with Crippen LogP contribution in [0.15, 0.2) is 72.8 Å². The predicted molar refractivity (Wildman–Crippen MR) is 117 cm³/mol. The van der Waals surface area contributed by atoms with Gasteiger partial charge in [-0.15, -0.1) is 0 Å². The Morgan fingerprint density at radius 3 is 2.37 bits per heavy atom. The molecule has 0 atom stereocenters. The number of nitro groups is 1. The summed E-state index contributed by atoms with van der Waals surface area (Å²) < 4.78 is 0. The van der Waals surface area contributed by atoms with Crippen molar-refractivity contribution in [3.05, 3.63) is 105 Å². The van der Waals surface area contributed by atoms with Crippen molar-refractivity contribution >= 4 is 17.3 Å². The van der Waals surface area contributed by atoms with E-state index in [9.17, 15) is 14.9 Å². The lowest BCUT2D eigenvalue weighted by Crippen LogP contribution is -2.32. The molecule has 0 fully saturated rings. The molecule has 1 aliphatic rings. The predicted octanol–water partition coefficient (Wildman–Crippen LogP) is 4.45. The van der Waals surface area contributed by atoms with Crippen LogP contribution in [0.2, 0.25) is 0 Å². The zero-order valence-corrected chi connectivity index (χ0v) is 16.6. The molecule has 6 nitrogen and oxygen atoms in total. The van der Waals surface area contributed by atoms with Gasteiger partial charge in [0, 0.05) is 43.0 Å². The summed E-state index contributed by atoms with van der Waals surface area (Å²) in [4.78, 5) is 25.0. The minimum atomic E-state index is -0.483. The van der Waals surface area contributed by atoms with Crippen LogP contribution in [0, 0.1) is 10.1 Å². The molecular formula is C24H23N3O3. The first-order valence-corrected chi connectivity index (χ1v) is 10.0. The molecule has 0 radical (unpaired) electrons. The van der Waals surface area contributed by atoms with E-state index in [1.165, 1.54) is 41.0 Å². The maximum Gasteiger partial charge on any atom is 0.269 e. The minimum Gasteiger partial charge on any atom is -0.322 e. The summed E-state index contributed by atoms with van der Waals surface area (Å²) in [5.74, 6) is -0.287. The second-order valence-electron chi connectivity index (χ2n) is 7.50. The fourth-order valence-electron chi connectivity index (χ4n) is 3.72. The van der Waals surface area contributed by atoms with Gasteiger partial charge in [-0.25, -0.2) is 0 Å². The lowest BCUT2D eigenvalue weighted by Gasteiger charge is -2.28. The summed E-state index contributed by atoms with van der Waals surface area (Å²) in [6, 6.07) is 22.1. The Balaban J connectivity index is 1.30. The van der Waals surface area contributed by atoms with Crippen molar-refractivity contribution < 1.29 is 9.72 Å². The van der Waals surface area contributed by atoms with Crippen LogP contribution < -0.4 is 5.32 Å². The lowest BCUT2D eigenvalue weighted by molar-refractivity contribution is -0.384. The van der Waals surface area contributed by atoms with Crippen LogP contribution in [-0.4, -0.2) is 28.8 Å². The molecule has 0 saturated heterocycles. The Morgan fingerprint density at radius 2 is 1.67 bits per heavy atom. The summed E-state index contributed by atoms with van der Waals surface area (Å²) >= 11 is 0. The molecule has 0 aromatic heterocycles. The SMILES string of the molecule is O=C(Nc1ccc(CCN2CCc3ccccc3C2)cc1)c1ccc([N+](=O)[O-])cc1. The van der Waals surface area contributed by atoms with E-state index in [0.717, 1.165) is 32.5 Å². The molecule has 0 unspecified atom stereocenters. The fraction of sp³-hybridized carbons (Fsp3) is 0.208. The standard InChI is InChI=1S/C24H23N3O3/c28-24(20-7-11-23(12-8-20)27(29)30)25-22-9-5-18(6-10-22)13-15-26-16-14-19-3-1-2-4-21(19)17-26/h1-12H,13-17H2,(H,25,28). The summed E-state index contributed by atoms with van der Waals surface area (Å²) in [6.45, 7) is 3.09. The normalized spacial score (nSPS) is 13.5. The average molecular weight is 401 g/mol. The number of amides is 1. The molecule has 0 bridgehead atoms. The Morgan fingerprint density at radius 1 is 0.967 bits per heavy atom. The smallest absolute Gasteiger partial charge is 0.269 e. The molecular weight excluding hydrogens is 378 g/mol. The average Bonchev–Trinajstić information content (AvgIpc) is 2.78. The van der Waals surface area contributed by atoms with Gasteiger partial charge in [0.2, 0.25) is 0 Å². The van der Waals surface area contributed by atoms with Crippen molar-refractivity contribution in [2.45, 2.75) is 19.4 Å². The molecule has 3 aromatic carbocycles. The fourth-order valence-corrected chi connectivity index (χ4v) is 3.72. The topological polar surface area (TPSA) is 75.5 Å². The zero-order valence-electron chi connectivity index (χ0n) is 16.6. The molecule has 0 aliphatic carbocycles. The monoisotopic (exact) mass is 401 g/mol. The summed E-state index contributed by atoms with van der Waals surface area (Å²) in [5, 5.41) is 13.5. The number of carbonyl (C=O) groups excluding carboxylic acids is 1. The number of rotatable bonds is 6. The highest BCUT2D eigenvalue weighted by Gasteiger charge is 2.15. The van der Waals surface area contributed by atoms with Crippen LogP contribution >= 0.6 is 0 Å². The first kappa shape index (κ1) is 19.8. The molecule has 1 amide bonds. The summed E-state index contributed by atoms with van der Waals surface area (Å²) in [7, 11) is 0. The highest BCUT2D eigenvalue weighted by Crippen LogP contribution is 2.19. The van der Waals surface area contributed by atoms with Crippen LogP contribution in [0.5, 0.6) is 0 Å². The zero-order chi connectivity index (χ0) is 20.9. The van der Waals surface area contributed by atoms with Crippen molar-refractivity contribution in [2.75, 3.05) is 18.4 Å². The summed E-state index contributed by atoms with van der Waals surface area (Å²) in [6.07, 6.45) is 2.06. The minimum absolute atomic E-state index is 0.0342. The van der Waals surface area contributed by atoms with Crippen LogP contribution in [0.1, 0.15) is 27.0 Å². The number of hydrogen-bond acceptors (Lipinski definition) is 4. The molecule has 1 heterocycles. The van der Waals surface area contributed by atoms with Crippen molar-refractivity contribution in [1.82, 2.24) is 4.90 Å². The van der Waals surface area contributed by atoms with Crippen molar-refractivity contribution in [1.29, 1.82) is 0 Å². The Bertz CT molecular complexity index is 1050. The van der Waals surface area contributed by atoms with Gasteiger partial charge >= 0.3 is 0 Å². The molecule has 0 spiro atoms. The van der Waals surface area contributed by atoms with Gasteiger partial charge in [0.15, 0.2) is 0 Å².